The summed E-state index contributed by atoms with van der Waals surface area (Å²) in [5, 5.41) is 3.41. The highest BCUT2D eigenvalue weighted by Gasteiger charge is 2.41. The molecule has 0 saturated carbocycles. The van der Waals surface area contributed by atoms with Gasteiger partial charge in [-0.3, -0.25) is 0 Å². The Hall–Kier alpha value is -1.20. The molecule has 2 saturated heterocycles. The molecule has 3 heterocycles. The van der Waals surface area contributed by atoms with E-state index < -0.39 is 0 Å². The third kappa shape index (κ3) is 2.72. The Morgan fingerprint density at radius 2 is 2.11 bits per heavy atom. The molecule has 5 nitrogen and oxygen atoms in total. The number of piperidine rings is 1. The number of nitrogens with zero attached hydrogens (tertiary/aromatic N) is 3. The molecule has 0 bridgehead atoms. The third-order valence-corrected chi connectivity index (χ3v) is 4.12. The first-order chi connectivity index (χ1) is 9.31. The molecular weight excluding hydrogens is 240 g/mol. The Balaban J connectivity index is 1.81. The first-order valence-electron chi connectivity index (χ1n) is 7.22. The summed E-state index contributed by atoms with van der Waals surface area (Å²) in [6.07, 6.45) is 7.11. The van der Waals surface area contributed by atoms with Crippen LogP contribution in [0.15, 0.2) is 18.5 Å². The van der Waals surface area contributed by atoms with Crippen LogP contribution in [0.2, 0.25) is 0 Å². The largest absolute Gasteiger partial charge is 0.368 e. The van der Waals surface area contributed by atoms with Crippen molar-refractivity contribution in [1.29, 1.82) is 0 Å². The summed E-state index contributed by atoms with van der Waals surface area (Å²) < 4.78 is 6.38. The molecule has 1 spiro atoms. The maximum absolute atomic E-state index is 6.38. The van der Waals surface area contributed by atoms with Crippen LogP contribution < -0.4 is 10.2 Å². The predicted octanol–water partition coefficient (Wildman–Crippen LogP) is 1.21. The molecule has 1 aromatic heterocycles. The fourth-order valence-electron chi connectivity index (χ4n) is 3.06. The number of hydrogen-bond donors (Lipinski definition) is 1. The van der Waals surface area contributed by atoms with Crippen LogP contribution in [-0.4, -0.2) is 47.9 Å². The highest BCUT2D eigenvalue weighted by Crippen LogP contribution is 2.32. The number of morpholine rings is 1. The predicted molar refractivity (Wildman–Crippen MR) is 74.2 cm³/mol. The summed E-state index contributed by atoms with van der Waals surface area (Å²) >= 11 is 0. The molecule has 2 fully saturated rings. The lowest BCUT2D eigenvalue weighted by Gasteiger charge is -2.48. The van der Waals surface area contributed by atoms with Crippen LogP contribution in [0, 0.1) is 0 Å². The highest BCUT2D eigenvalue weighted by atomic mass is 16.5. The van der Waals surface area contributed by atoms with Gasteiger partial charge in [-0.25, -0.2) is 9.97 Å². The lowest BCUT2D eigenvalue weighted by atomic mass is 9.89. The van der Waals surface area contributed by atoms with Crippen LogP contribution >= 0.6 is 0 Å². The van der Waals surface area contributed by atoms with Crippen molar-refractivity contribution in [2.24, 2.45) is 0 Å². The molecule has 3 rings (SSSR count). The average Bonchev–Trinajstić information content (AvgIpc) is 2.48. The van der Waals surface area contributed by atoms with E-state index in [4.69, 9.17) is 4.74 Å². The fourth-order valence-corrected chi connectivity index (χ4v) is 3.06. The fraction of sp³-hybridized carbons (Fsp3) is 0.714. The van der Waals surface area contributed by atoms with Gasteiger partial charge in [-0.2, -0.15) is 0 Å². The van der Waals surface area contributed by atoms with E-state index in [1.54, 1.807) is 0 Å². The van der Waals surface area contributed by atoms with Gasteiger partial charge in [0.25, 0.3) is 0 Å². The van der Waals surface area contributed by atoms with Crippen molar-refractivity contribution >= 4 is 5.95 Å². The Kier molecular flexibility index (Phi) is 3.66. The van der Waals surface area contributed by atoms with E-state index in [2.05, 4.69) is 27.1 Å². The van der Waals surface area contributed by atoms with E-state index in [1.807, 2.05) is 18.5 Å². The molecular formula is C14H22N4O. The van der Waals surface area contributed by atoms with Crippen LogP contribution in [0.25, 0.3) is 0 Å². The van der Waals surface area contributed by atoms with Gasteiger partial charge in [0.05, 0.1) is 18.2 Å². The molecule has 0 radical (unpaired) electrons. The summed E-state index contributed by atoms with van der Waals surface area (Å²) in [5.41, 5.74) is -0.0105. The molecule has 2 aliphatic rings. The molecule has 1 atom stereocenters. The van der Waals surface area contributed by atoms with Crippen LogP contribution in [0.1, 0.15) is 26.2 Å². The standard InChI is InChI=1S/C14H22N4O/c1-2-12-10-18(13-16-6-3-7-17-13)11-14(19-12)4-8-15-9-5-14/h3,6-7,12,15H,2,4-5,8-11H2,1H3. The number of nitrogens with one attached hydrogen (secondary N) is 1. The molecule has 1 aromatic rings. The van der Waals surface area contributed by atoms with Crippen molar-refractivity contribution < 1.29 is 4.74 Å². The van der Waals surface area contributed by atoms with Crippen LogP contribution in [0.5, 0.6) is 0 Å². The van der Waals surface area contributed by atoms with E-state index in [-0.39, 0.29) is 11.7 Å². The first-order valence-corrected chi connectivity index (χ1v) is 7.22. The lowest BCUT2D eigenvalue weighted by Crippen LogP contribution is -2.59. The molecule has 1 N–H and O–H groups in total. The minimum Gasteiger partial charge on any atom is -0.368 e. The van der Waals surface area contributed by atoms with Crippen molar-refractivity contribution in [3.63, 3.8) is 0 Å². The maximum Gasteiger partial charge on any atom is 0.225 e. The van der Waals surface area contributed by atoms with Crippen LogP contribution in [0.4, 0.5) is 5.95 Å². The molecule has 2 aliphatic heterocycles. The van der Waals surface area contributed by atoms with Gasteiger partial charge in [0.15, 0.2) is 0 Å². The van der Waals surface area contributed by atoms with Gasteiger partial charge < -0.3 is 15.0 Å². The zero-order chi connectivity index (χ0) is 13.1. The summed E-state index contributed by atoms with van der Waals surface area (Å²) in [6, 6.07) is 1.86. The number of ether oxygens (including phenoxy) is 1. The molecule has 1 unspecified atom stereocenters. The maximum atomic E-state index is 6.38. The molecule has 0 aromatic carbocycles. The van der Waals surface area contributed by atoms with E-state index in [0.717, 1.165) is 51.4 Å². The van der Waals surface area contributed by atoms with Crippen molar-refractivity contribution in [1.82, 2.24) is 15.3 Å². The number of rotatable bonds is 2. The van der Waals surface area contributed by atoms with Gasteiger partial charge in [0.2, 0.25) is 5.95 Å². The van der Waals surface area contributed by atoms with Crippen LogP contribution in [-0.2, 0) is 4.74 Å². The van der Waals surface area contributed by atoms with E-state index in [9.17, 15) is 0 Å². The van der Waals surface area contributed by atoms with Crippen molar-refractivity contribution in [3.8, 4) is 0 Å². The van der Waals surface area contributed by atoms with Crippen LogP contribution in [0.3, 0.4) is 0 Å². The second-order valence-corrected chi connectivity index (χ2v) is 5.51. The van der Waals surface area contributed by atoms with Crippen molar-refractivity contribution in [2.75, 3.05) is 31.1 Å². The Bertz CT molecular complexity index is 405. The van der Waals surface area contributed by atoms with Gasteiger partial charge in [0, 0.05) is 18.9 Å². The summed E-state index contributed by atoms with van der Waals surface area (Å²) in [4.78, 5) is 11.1. The van der Waals surface area contributed by atoms with E-state index in [1.165, 1.54) is 0 Å². The summed E-state index contributed by atoms with van der Waals surface area (Å²) in [6.45, 7) is 6.08. The van der Waals surface area contributed by atoms with Crippen molar-refractivity contribution in [3.05, 3.63) is 18.5 Å². The van der Waals surface area contributed by atoms with Gasteiger partial charge in [-0.15, -0.1) is 0 Å². The summed E-state index contributed by atoms with van der Waals surface area (Å²) in [7, 11) is 0. The molecule has 5 heteroatoms. The Morgan fingerprint density at radius 3 is 2.79 bits per heavy atom. The zero-order valence-electron chi connectivity index (χ0n) is 11.5. The highest BCUT2D eigenvalue weighted by molar-refractivity contribution is 5.31. The van der Waals surface area contributed by atoms with Gasteiger partial charge in [0.1, 0.15) is 0 Å². The van der Waals surface area contributed by atoms with Gasteiger partial charge in [-0.05, 0) is 38.4 Å². The minimum absolute atomic E-state index is 0.0105. The second-order valence-electron chi connectivity index (χ2n) is 5.51. The number of hydrogen-bond acceptors (Lipinski definition) is 5. The third-order valence-electron chi connectivity index (χ3n) is 4.12. The average molecular weight is 262 g/mol. The molecule has 0 amide bonds. The SMILES string of the molecule is CCC1CN(c2ncccn2)CC2(CCNCC2)O1. The zero-order valence-corrected chi connectivity index (χ0v) is 11.5. The Labute approximate surface area is 114 Å². The van der Waals surface area contributed by atoms with Gasteiger partial charge in [-0.1, -0.05) is 6.92 Å². The lowest BCUT2D eigenvalue weighted by molar-refractivity contribution is -0.121. The van der Waals surface area contributed by atoms with E-state index >= 15 is 0 Å². The van der Waals surface area contributed by atoms with Crippen molar-refractivity contribution in [2.45, 2.75) is 37.9 Å². The normalized spacial score (nSPS) is 26.6. The molecule has 104 valence electrons. The first kappa shape index (κ1) is 12.8. The topological polar surface area (TPSA) is 50.3 Å². The van der Waals surface area contributed by atoms with E-state index in [0.29, 0.717) is 0 Å². The monoisotopic (exact) mass is 262 g/mol. The minimum atomic E-state index is -0.0105. The molecule has 0 aliphatic carbocycles. The quantitative estimate of drug-likeness (QED) is 0.868. The Morgan fingerprint density at radius 1 is 1.37 bits per heavy atom. The number of aromatic nitrogens is 2. The summed E-state index contributed by atoms with van der Waals surface area (Å²) in [5.74, 6) is 0.835. The smallest absolute Gasteiger partial charge is 0.225 e. The van der Waals surface area contributed by atoms with Gasteiger partial charge >= 0.3 is 0 Å². The molecule has 19 heavy (non-hydrogen) atoms. The second kappa shape index (κ2) is 5.43. The number of anilines is 1.